The molecular formula is C11H16N4O3S. The van der Waals surface area contributed by atoms with Crippen molar-refractivity contribution >= 4 is 21.5 Å². The number of nitrogens with zero attached hydrogens (tertiary/aromatic N) is 3. The lowest BCUT2D eigenvalue weighted by atomic mass is 10.3. The monoisotopic (exact) mass is 284 g/mol. The van der Waals surface area contributed by atoms with Gasteiger partial charge in [0, 0.05) is 13.1 Å². The fourth-order valence-corrected chi connectivity index (χ4v) is 3.23. The van der Waals surface area contributed by atoms with E-state index in [0.717, 1.165) is 0 Å². The van der Waals surface area contributed by atoms with Gasteiger partial charge in [0.05, 0.1) is 11.5 Å². The largest absolute Gasteiger partial charge is 0.409 e. The molecule has 0 aliphatic carbocycles. The minimum Gasteiger partial charge on any atom is -0.409 e. The smallest absolute Gasteiger partial charge is 0.188 e. The average molecular weight is 284 g/mol. The van der Waals surface area contributed by atoms with Crippen LogP contribution < -0.4 is 10.6 Å². The Kier molecular flexibility index (Phi) is 3.89. The van der Waals surface area contributed by atoms with Crippen LogP contribution in [0, 0.1) is 0 Å². The van der Waals surface area contributed by atoms with E-state index < -0.39 is 9.84 Å². The van der Waals surface area contributed by atoms with Crippen molar-refractivity contribution in [3.63, 3.8) is 0 Å². The minimum atomic E-state index is -2.95. The van der Waals surface area contributed by atoms with Gasteiger partial charge in [-0.2, -0.15) is 0 Å². The van der Waals surface area contributed by atoms with Crippen LogP contribution in [-0.2, 0) is 9.84 Å². The predicted molar refractivity (Wildman–Crippen MR) is 72.2 cm³/mol. The summed E-state index contributed by atoms with van der Waals surface area (Å²) in [5.74, 6) is 0.914. The molecule has 0 saturated carbocycles. The second kappa shape index (κ2) is 5.43. The van der Waals surface area contributed by atoms with Crippen LogP contribution in [0.5, 0.6) is 0 Å². The lowest BCUT2D eigenvalue weighted by Crippen LogP contribution is -2.28. The first-order chi connectivity index (χ1) is 9.02. The zero-order valence-corrected chi connectivity index (χ0v) is 11.2. The van der Waals surface area contributed by atoms with Crippen molar-refractivity contribution in [1.29, 1.82) is 0 Å². The molecule has 0 aromatic carbocycles. The highest BCUT2D eigenvalue weighted by Crippen LogP contribution is 2.15. The standard InChI is InChI=1S/C11H16N4O3S/c12-11(14-16)9-3-1-4-10(13-9)15-5-2-7-19(17,18)8-6-15/h1,3-4,16H,2,5-8H2,(H2,12,14). The minimum absolute atomic E-state index is 0.0655. The number of hydrogen-bond donors (Lipinski definition) is 2. The molecule has 3 N–H and O–H groups in total. The predicted octanol–water partition coefficient (Wildman–Crippen LogP) is -0.199. The van der Waals surface area contributed by atoms with Gasteiger partial charge < -0.3 is 15.8 Å². The van der Waals surface area contributed by atoms with E-state index in [0.29, 0.717) is 31.0 Å². The molecule has 0 unspecified atom stereocenters. The maximum atomic E-state index is 11.5. The van der Waals surface area contributed by atoms with Crippen molar-refractivity contribution in [1.82, 2.24) is 4.98 Å². The molecule has 1 aliphatic heterocycles. The van der Waals surface area contributed by atoms with Gasteiger partial charge in [0.15, 0.2) is 15.7 Å². The van der Waals surface area contributed by atoms with Crippen LogP contribution in [0.25, 0.3) is 0 Å². The average Bonchev–Trinajstić information content (AvgIpc) is 2.59. The molecule has 0 spiro atoms. The normalized spacial score (nSPS) is 20.0. The van der Waals surface area contributed by atoms with Crippen LogP contribution in [0.4, 0.5) is 5.82 Å². The van der Waals surface area contributed by atoms with Crippen LogP contribution in [0.15, 0.2) is 23.4 Å². The fourth-order valence-electron chi connectivity index (χ4n) is 1.96. The first-order valence-electron chi connectivity index (χ1n) is 5.92. The zero-order valence-electron chi connectivity index (χ0n) is 10.4. The highest BCUT2D eigenvalue weighted by molar-refractivity contribution is 7.91. The lowest BCUT2D eigenvalue weighted by Gasteiger charge is -2.21. The molecule has 0 atom stereocenters. The molecular weight excluding hydrogens is 268 g/mol. The number of amidine groups is 1. The molecule has 104 valence electrons. The van der Waals surface area contributed by atoms with E-state index in [1.165, 1.54) is 0 Å². The van der Waals surface area contributed by atoms with Gasteiger partial charge in [-0.05, 0) is 18.6 Å². The number of nitrogens with two attached hydrogens (primary N) is 1. The Balaban J connectivity index is 2.22. The Labute approximate surface area is 111 Å². The van der Waals surface area contributed by atoms with Crippen molar-refractivity contribution < 1.29 is 13.6 Å². The fraction of sp³-hybridized carbons (Fsp3) is 0.455. The van der Waals surface area contributed by atoms with Crippen LogP contribution in [0.2, 0.25) is 0 Å². The molecule has 8 heteroatoms. The van der Waals surface area contributed by atoms with E-state index in [9.17, 15) is 8.42 Å². The van der Waals surface area contributed by atoms with Gasteiger partial charge in [0.1, 0.15) is 11.5 Å². The second-order valence-electron chi connectivity index (χ2n) is 4.36. The van der Waals surface area contributed by atoms with Gasteiger partial charge in [-0.25, -0.2) is 13.4 Å². The molecule has 1 aliphatic rings. The summed E-state index contributed by atoms with van der Waals surface area (Å²) in [5, 5.41) is 11.5. The molecule has 2 rings (SSSR count). The summed E-state index contributed by atoms with van der Waals surface area (Å²) < 4.78 is 23.1. The highest BCUT2D eigenvalue weighted by atomic mass is 32.2. The third-order valence-electron chi connectivity index (χ3n) is 2.98. The Morgan fingerprint density at radius 2 is 2.16 bits per heavy atom. The molecule has 19 heavy (non-hydrogen) atoms. The Morgan fingerprint density at radius 1 is 1.37 bits per heavy atom. The summed E-state index contributed by atoms with van der Waals surface area (Å²) in [7, 11) is -2.95. The molecule has 0 amide bonds. The topological polar surface area (TPSA) is 109 Å². The molecule has 1 saturated heterocycles. The van der Waals surface area contributed by atoms with Crippen molar-refractivity contribution in [3.05, 3.63) is 23.9 Å². The number of anilines is 1. The van der Waals surface area contributed by atoms with Crippen molar-refractivity contribution in [2.75, 3.05) is 29.5 Å². The molecule has 0 bridgehead atoms. The Bertz CT molecular complexity index is 585. The van der Waals surface area contributed by atoms with Gasteiger partial charge >= 0.3 is 0 Å². The third kappa shape index (κ3) is 3.34. The highest BCUT2D eigenvalue weighted by Gasteiger charge is 2.20. The molecule has 1 aromatic rings. The number of pyridine rings is 1. The lowest BCUT2D eigenvalue weighted by molar-refractivity contribution is 0.318. The quantitative estimate of drug-likeness (QED) is 0.337. The first-order valence-corrected chi connectivity index (χ1v) is 7.74. The summed E-state index contributed by atoms with van der Waals surface area (Å²) >= 11 is 0. The molecule has 1 fully saturated rings. The van der Waals surface area contributed by atoms with Crippen molar-refractivity contribution in [2.24, 2.45) is 10.9 Å². The number of aromatic nitrogens is 1. The first kappa shape index (κ1) is 13.6. The van der Waals surface area contributed by atoms with Gasteiger partial charge in [0.25, 0.3) is 0 Å². The van der Waals surface area contributed by atoms with Gasteiger partial charge in [-0.1, -0.05) is 11.2 Å². The van der Waals surface area contributed by atoms with E-state index in [1.54, 1.807) is 18.2 Å². The van der Waals surface area contributed by atoms with Gasteiger partial charge in [-0.3, -0.25) is 0 Å². The number of oxime groups is 1. The summed E-state index contributed by atoms with van der Waals surface area (Å²) in [6.45, 7) is 1.04. The maximum Gasteiger partial charge on any atom is 0.188 e. The van der Waals surface area contributed by atoms with E-state index in [-0.39, 0.29) is 17.3 Å². The van der Waals surface area contributed by atoms with E-state index in [2.05, 4.69) is 10.1 Å². The zero-order chi connectivity index (χ0) is 13.9. The third-order valence-corrected chi connectivity index (χ3v) is 4.70. The van der Waals surface area contributed by atoms with Crippen LogP contribution in [0.3, 0.4) is 0 Å². The number of rotatable bonds is 2. The maximum absolute atomic E-state index is 11.5. The van der Waals surface area contributed by atoms with Gasteiger partial charge in [-0.15, -0.1) is 0 Å². The van der Waals surface area contributed by atoms with E-state index in [1.807, 2.05) is 4.90 Å². The Morgan fingerprint density at radius 3 is 2.89 bits per heavy atom. The molecule has 2 heterocycles. The molecule has 0 radical (unpaired) electrons. The summed E-state index contributed by atoms with van der Waals surface area (Å²) in [4.78, 5) is 6.17. The SMILES string of the molecule is N/C(=N/O)c1cccc(N2CCCS(=O)(=O)CC2)n1. The van der Waals surface area contributed by atoms with Crippen LogP contribution >= 0.6 is 0 Å². The molecule has 7 nitrogen and oxygen atoms in total. The molecule has 1 aromatic heterocycles. The van der Waals surface area contributed by atoms with Crippen molar-refractivity contribution in [3.8, 4) is 0 Å². The van der Waals surface area contributed by atoms with E-state index in [4.69, 9.17) is 10.9 Å². The summed E-state index contributed by atoms with van der Waals surface area (Å²) in [5.41, 5.74) is 5.86. The number of sulfone groups is 1. The summed E-state index contributed by atoms with van der Waals surface area (Å²) in [6.07, 6.45) is 0.581. The van der Waals surface area contributed by atoms with Crippen molar-refractivity contribution in [2.45, 2.75) is 6.42 Å². The van der Waals surface area contributed by atoms with Crippen LogP contribution in [0.1, 0.15) is 12.1 Å². The number of hydrogen-bond acceptors (Lipinski definition) is 6. The Hall–Kier alpha value is -1.83. The van der Waals surface area contributed by atoms with E-state index >= 15 is 0 Å². The van der Waals surface area contributed by atoms with Gasteiger partial charge in [0.2, 0.25) is 0 Å². The second-order valence-corrected chi connectivity index (χ2v) is 6.66. The summed E-state index contributed by atoms with van der Waals surface area (Å²) in [6, 6.07) is 5.16. The van der Waals surface area contributed by atoms with Crippen LogP contribution in [-0.4, -0.2) is 49.0 Å².